The Kier molecular flexibility index (Phi) is 4.65. The van der Waals surface area contributed by atoms with E-state index < -0.39 is 11.9 Å². The van der Waals surface area contributed by atoms with Crippen LogP contribution in [0.25, 0.3) is 0 Å². The van der Waals surface area contributed by atoms with Crippen molar-refractivity contribution >= 4 is 33.7 Å². The van der Waals surface area contributed by atoms with Gasteiger partial charge in [0.15, 0.2) is 10.8 Å². The van der Waals surface area contributed by atoms with E-state index in [1.165, 1.54) is 33.6 Å². The van der Waals surface area contributed by atoms with Gasteiger partial charge in [0.05, 0.1) is 17.1 Å². The lowest BCUT2D eigenvalue weighted by molar-refractivity contribution is -0.141. The van der Waals surface area contributed by atoms with Gasteiger partial charge in [0, 0.05) is 11.1 Å². The van der Waals surface area contributed by atoms with E-state index in [4.69, 9.17) is 0 Å². The van der Waals surface area contributed by atoms with Gasteiger partial charge in [-0.3, -0.25) is 14.8 Å². The minimum absolute atomic E-state index is 0.162. The van der Waals surface area contributed by atoms with Crippen LogP contribution in [0.2, 0.25) is 0 Å². The zero-order chi connectivity index (χ0) is 18.2. The molecule has 0 radical (unpaired) electrons. The summed E-state index contributed by atoms with van der Waals surface area (Å²) in [5.74, 6) is -0.290. The lowest BCUT2D eigenvalue weighted by Crippen LogP contribution is -2.10. The number of anilines is 1. The molecule has 25 heavy (non-hydrogen) atoms. The van der Waals surface area contributed by atoms with E-state index in [-0.39, 0.29) is 12.5 Å². The molecular weight excluding hydrogens is 373 g/mol. The van der Waals surface area contributed by atoms with Gasteiger partial charge < -0.3 is 0 Å². The van der Waals surface area contributed by atoms with Crippen LogP contribution in [0, 0.1) is 13.8 Å². The second kappa shape index (κ2) is 6.60. The average molecular weight is 386 g/mol. The van der Waals surface area contributed by atoms with Crippen LogP contribution in [-0.2, 0) is 12.7 Å². The molecule has 0 spiro atoms. The summed E-state index contributed by atoms with van der Waals surface area (Å²) >= 11 is 2.61. The first kappa shape index (κ1) is 17.6. The molecule has 0 atom stereocenters. The third-order valence-corrected chi connectivity index (χ3v) is 5.37. The first-order valence-electron chi connectivity index (χ1n) is 7.16. The zero-order valence-corrected chi connectivity index (χ0v) is 14.8. The summed E-state index contributed by atoms with van der Waals surface area (Å²) in [6.07, 6.45) is -3.20. The van der Waals surface area contributed by atoms with Crippen molar-refractivity contribution in [3.63, 3.8) is 0 Å². The van der Waals surface area contributed by atoms with Gasteiger partial charge in [-0.25, -0.2) is 4.98 Å². The number of amides is 1. The molecule has 10 heteroatoms. The summed E-state index contributed by atoms with van der Waals surface area (Å²) in [5, 5.41) is 8.48. The molecule has 132 valence electrons. The highest BCUT2D eigenvalue weighted by Crippen LogP contribution is 2.27. The summed E-state index contributed by atoms with van der Waals surface area (Å²) in [6.45, 7) is 3.95. The molecule has 0 saturated carbocycles. The highest BCUT2D eigenvalue weighted by molar-refractivity contribution is 7.16. The second-order valence-electron chi connectivity index (χ2n) is 5.33. The van der Waals surface area contributed by atoms with Crippen molar-refractivity contribution in [2.45, 2.75) is 26.6 Å². The topological polar surface area (TPSA) is 59.8 Å². The number of hydrogen-bond donors (Lipinski definition) is 1. The molecular formula is C15H13F3N4OS2. The number of hydrogen-bond acceptors (Lipinski definition) is 5. The smallest absolute Gasteiger partial charge is 0.297 e. The van der Waals surface area contributed by atoms with Gasteiger partial charge in [0.2, 0.25) is 0 Å². The summed E-state index contributed by atoms with van der Waals surface area (Å²) in [6, 6.07) is 2.56. The molecule has 3 heterocycles. The summed E-state index contributed by atoms with van der Waals surface area (Å²) in [7, 11) is 0. The highest BCUT2D eigenvalue weighted by Gasteiger charge is 2.33. The van der Waals surface area contributed by atoms with Crippen LogP contribution in [0.3, 0.4) is 0 Å². The molecule has 0 aliphatic heterocycles. The minimum Gasteiger partial charge on any atom is -0.297 e. The number of nitrogens with zero attached hydrogens (tertiary/aromatic N) is 3. The first-order chi connectivity index (χ1) is 11.7. The van der Waals surface area contributed by atoms with Crippen LogP contribution in [0.15, 0.2) is 23.7 Å². The third-order valence-electron chi connectivity index (χ3n) is 3.40. The third kappa shape index (κ3) is 4.07. The van der Waals surface area contributed by atoms with E-state index in [1.807, 2.05) is 13.8 Å². The normalized spacial score (nSPS) is 11.7. The van der Waals surface area contributed by atoms with Crippen LogP contribution in [-0.4, -0.2) is 20.7 Å². The van der Waals surface area contributed by atoms with Gasteiger partial charge in [-0.2, -0.15) is 18.3 Å². The number of aryl methyl sites for hydroxylation is 2. The number of aromatic nitrogens is 3. The molecule has 0 fully saturated rings. The van der Waals surface area contributed by atoms with Crippen molar-refractivity contribution in [3.8, 4) is 0 Å². The number of alkyl halides is 3. The number of thiazole rings is 1. The van der Waals surface area contributed by atoms with E-state index in [0.717, 1.165) is 16.6 Å². The Morgan fingerprint density at radius 1 is 1.36 bits per heavy atom. The van der Waals surface area contributed by atoms with Gasteiger partial charge in [0.25, 0.3) is 5.91 Å². The van der Waals surface area contributed by atoms with E-state index in [2.05, 4.69) is 15.4 Å². The fourth-order valence-electron chi connectivity index (χ4n) is 2.05. The Morgan fingerprint density at radius 2 is 2.12 bits per heavy atom. The van der Waals surface area contributed by atoms with E-state index >= 15 is 0 Å². The van der Waals surface area contributed by atoms with Crippen molar-refractivity contribution < 1.29 is 18.0 Å². The SMILES string of the molecule is Cc1nc(NC(=O)c2cc(Cn3ccc(C(F)(F)F)n3)cs2)sc1C. The summed E-state index contributed by atoms with van der Waals surface area (Å²) in [4.78, 5) is 18.0. The van der Waals surface area contributed by atoms with Gasteiger partial charge in [0.1, 0.15) is 0 Å². The molecule has 0 unspecified atom stereocenters. The van der Waals surface area contributed by atoms with Crippen LogP contribution >= 0.6 is 22.7 Å². The zero-order valence-electron chi connectivity index (χ0n) is 13.2. The van der Waals surface area contributed by atoms with Gasteiger partial charge in [-0.1, -0.05) is 0 Å². The second-order valence-corrected chi connectivity index (χ2v) is 7.44. The number of carbonyl (C=O) groups excluding carboxylic acids is 1. The Bertz CT molecular complexity index is 891. The van der Waals surface area contributed by atoms with Crippen molar-refractivity contribution in [2.24, 2.45) is 0 Å². The first-order valence-corrected chi connectivity index (χ1v) is 8.85. The Labute approximate surface area is 149 Å². The molecule has 3 aromatic heterocycles. The van der Waals surface area contributed by atoms with Crippen LogP contribution in [0.1, 0.15) is 31.5 Å². The van der Waals surface area contributed by atoms with Gasteiger partial charge in [-0.15, -0.1) is 22.7 Å². The minimum atomic E-state index is -4.46. The largest absolute Gasteiger partial charge is 0.435 e. The standard InChI is InChI=1S/C15H13F3N4OS2/c1-8-9(2)25-14(19-8)20-13(23)11-5-10(7-24-11)6-22-4-3-12(21-22)15(16,17)18/h3-5,7H,6H2,1-2H3,(H,19,20,23). The Balaban J connectivity index is 1.67. The van der Waals surface area contributed by atoms with Crippen LogP contribution in [0.4, 0.5) is 18.3 Å². The van der Waals surface area contributed by atoms with Crippen LogP contribution < -0.4 is 5.32 Å². The predicted molar refractivity (Wildman–Crippen MR) is 90.2 cm³/mol. The van der Waals surface area contributed by atoms with Gasteiger partial charge >= 0.3 is 6.18 Å². The molecule has 0 aromatic carbocycles. The summed E-state index contributed by atoms with van der Waals surface area (Å²) < 4.78 is 38.9. The molecule has 0 saturated heterocycles. The fourth-order valence-corrected chi connectivity index (χ4v) is 3.66. The van der Waals surface area contributed by atoms with Crippen molar-refractivity contribution in [1.82, 2.24) is 14.8 Å². The van der Waals surface area contributed by atoms with E-state index in [0.29, 0.717) is 15.6 Å². The molecule has 5 nitrogen and oxygen atoms in total. The number of thiophene rings is 1. The molecule has 0 aliphatic carbocycles. The quantitative estimate of drug-likeness (QED) is 0.726. The molecule has 1 amide bonds. The van der Waals surface area contributed by atoms with Crippen molar-refractivity contribution in [3.05, 3.63) is 50.4 Å². The van der Waals surface area contributed by atoms with Crippen LogP contribution in [0.5, 0.6) is 0 Å². The maximum atomic E-state index is 12.6. The highest BCUT2D eigenvalue weighted by atomic mass is 32.1. The fraction of sp³-hybridized carbons (Fsp3) is 0.267. The molecule has 0 aliphatic rings. The number of halogens is 3. The number of nitrogens with one attached hydrogen (secondary N) is 1. The van der Waals surface area contributed by atoms with E-state index in [1.54, 1.807) is 11.4 Å². The monoisotopic (exact) mass is 386 g/mol. The van der Waals surface area contributed by atoms with Gasteiger partial charge in [-0.05, 0) is 36.9 Å². The predicted octanol–water partition coefficient (Wildman–Crippen LogP) is 4.34. The average Bonchev–Trinajstić information content (AvgIpc) is 3.21. The maximum Gasteiger partial charge on any atom is 0.435 e. The molecule has 3 aromatic rings. The van der Waals surface area contributed by atoms with E-state index in [9.17, 15) is 18.0 Å². The Hall–Kier alpha value is -2.20. The molecule has 1 N–H and O–H groups in total. The number of rotatable bonds is 4. The lowest BCUT2D eigenvalue weighted by atomic mass is 10.3. The lowest BCUT2D eigenvalue weighted by Gasteiger charge is -2.01. The Morgan fingerprint density at radius 3 is 2.72 bits per heavy atom. The van der Waals surface area contributed by atoms with Crippen molar-refractivity contribution in [1.29, 1.82) is 0 Å². The number of carbonyl (C=O) groups is 1. The summed E-state index contributed by atoms with van der Waals surface area (Å²) in [5.41, 5.74) is 0.639. The molecule has 3 rings (SSSR count). The maximum absolute atomic E-state index is 12.6. The van der Waals surface area contributed by atoms with Crippen molar-refractivity contribution in [2.75, 3.05) is 5.32 Å². The molecule has 0 bridgehead atoms.